The summed E-state index contributed by atoms with van der Waals surface area (Å²) in [4.78, 5) is 198. The molecule has 9 rings (SSSR count). The van der Waals surface area contributed by atoms with Gasteiger partial charge in [0.15, 0.2) is 73.2 Å². The van der Waals surface area contributed by atoms with Crippen LogP contribution in [-0.4, -0.2) is 227 Å². The van der Waals surface area contributed by atoms with Crippen molar-refractivity contribution < 1.29 is 125 Å². The van der Waals surface area contributed by atoms with Crippen LogP contribution in [0.15, 0.2) is 90.5 Å². The summed E-state index contributed by atoms with van der Waals surface area (Å²) in [6.07, 6.45) is -10.9. The van der Waals surface area contributed by atoms with E-state index in [1.807, 2.05) is 4.98 Å². The van der Waals surface area contributed by atoms with Crippen LogP contribution in [0.3, 0.4) is 0 Å². The fourth-order valence-electron chi connectivity index (χ4n) is 10.7. The monoisotopic (exact) mass is 1670 g/mol. The van der Waals surface area contributed by atoms with E-state index < -0.39 is 246 Å². The number of aromatic amines is 2. The maximum Gasteiger partial charge on any atom is 0.351 e. The number of H-pyrrole nitrogens is 2. The summed E-state index contributed by atoms with van der Waals surface area (Å²) in [6.45, 7) is 28.2. The molecule has 44 heteroatoms. The van der Waals surface area contributed by atoms with Crippen LogP contribution in [0.4, 0.5) is 5.82 Å². The zero-order valence-corrected chi connectivity index (χ0v) is 68.3. The SMILES string of the molecule is CC(C)C(=O)OC[C@H]1O[C@@H](n2ccc(-n3cncn3)nc2=O)[C@H](OC(=O)C(C)C)[C@@H]1OC(=O)C(C)C.CC(C)C(=O)OC[C@H]1O[C@@H](n2ccc(=O)[nH]c2=O)[C@H](OC(=O)C(C)C)[C@@H]1OC(=O)C(C)C.CC(C)C(=O)OC[C@H]1O[C@@H](n2ccc(NO)nc2=O)[C@H](OC(=O)C(C)C)[C@@H]1OC(=O)C(C)C.O=c1ccn([C@@H]2O[C@H](CO)[C@@H](O)[C@H]2O)c(=O)[nH]1. The van der Waals surface area contributed by atoms with Crippen molar-refractivity contribution in [3.63, 3.8) is 0 Å². The van der Waals surface area contributed by atoms with E-state index in [0.717, 1.165) is 36.6 Å². The molecule has 4 fully saturated rings. The van der Waals surface area contributed by atoms with Gasteiger partial charge in [-0.1, -0.05) is 125 Å². The zero-order valence-electron chi connectivity index (χ0n) is 68.3. The topological polar surface area (TPSA) is 577 Å². The minimum absolute atomic E-state index is 0.102. The first-order valence-corrected chi connectivity index (χ1v) is 37.8. The van der Waals surface area contributed by atoms with Gasteiger partial charge in [0.05, 0.1) is 59.9 Å². The summed E-state index contributed by atoms with van der Waals surface area (Å²) < 4.78 is 77.9. The lowest BCUT2D eigenvalue weighted by atomic mass is 10.1. The number of hydrogen-bond donors (Lipinski definition) is 7. The Morgan fingerprint density at radius 3 is 1.00 bits per heavy atom. The smallest absolute Gasteiger partial charge is 0.351 e. The predicted octanol–water partition coefficient (Wildman–Crippen LogP) is 0.250. The van der Waals surface area contributed by atoms with Crippen molar-refractivity contribution in [2.75, 3.05) is 31.9 Å². The highest BCUT2D eigenvalue weighted by Gasteiger charge is 2.55. The third kappa shape index (κ3) is 25.5. The van der Waals surface area contributed by atoms with Crippen LogP contribution in [0, 0.1) is 53.3 Å². The molecular formula is C74H104N12O32. The van der Waals surface area contributed by atoms with Gasteiger partial charge in [0.2, 0.25) is 0 Å². The van der Waals surface area contributed by atoms with Crippen molar-refractivity contribution >= 4 is 59.5 Å². The molecular weight excluding hydrogens is 1570 g/mol. The number of aliphatic hydroxyl groups excluding tert-OH is 3. The number of carbonyl (C=O) groups is 9. The molecule has 4 aliphatic heterocycles. The summed E-state index contributed by atoms with van der Waals surface area (Å²) in [5, 5.41) is 41.0. The third-order valence-electron chi connectivity index (χ3n) is 17.5. The predicted molar refractivity (Wildman–Crippen MR) is 400 cm³/mol. The number of aliphatic hydroxyl groups is 3. The Morgan fingerprint density at radius 2 is 0.712 bits per heavy atom. The fourth-order valence-corrected chi connectivity index (χ4v) is 10.7. The van der Waals surface area contributed by atoms with E-state index in [4.69, 9.17) is 71.9 Å². The summed E-state index contributed by atoms with van der Waals surface area (Å²) in [5.74, 6) is -9.11. The molecule has 652 valence electrons. The average Bonchev–Trinajstić information content (AvgIpc) is 1.64. The van der Waals surface area contributed by atoms with Gasteiger partial charge >= 0.3 is 76.5 Å². The van der Waals surface area contributed by atoms with E-state index in [9.17, 15) is 82.1 Å². The van der Waals surface area contributed by atoms with Crippen molar-refractivity contribution in [2.24, 2.45) is 53.3 Å². The Morgan fingerprint density at radius 1 is 0.407 bits per heavy atom. The molecule has 0 aromatic carbocycles. The molecule has 0 unspecified atom stereocenters. The first-order chi connectivity index (χ1) is 55.4. The standard InChI is InChI=1S/C23H31N5O8.C21H31N3O9.C21H30N2O9.C9H12N2O6/c1-12(2)20(29)33-9-15-17(35-21(30)13(3)4)18(36-22(31)14(5)6)19(34-15)27-8-7-16(26-23(27)32)28-11-24-10-25-28;1-10(2)18(25)30-9-13-15(32-19(26)11(3)4)16(33-20(27)12(5)6)17(31-13)24-8-7-14(23-29)22-21(24)28;1-10(2)18(25)29-9-13-15(31-19(26)11(3)4)16(32-20(27)12(5)6)17(30-13)23-8-7-14(24)22-21(23)28;12-3-4-6(14)7(15)8(17-4)11-2-1-5(13)10-9(11)16/h7-8,10-15,17-19H,9H2,1-6H3;7-8,10-13,15-17,29H,9H2,1-6H3,(H,22,23,28);7-8,10-13,15-17H,9H2,1-6H3,(H,22,24,28);1-2,4,6-8,12,14-15H,3H2,(H,10,13,16)/t15-,17-,18-,19-;2*13-,15-,16-,17-;4-,6-,7-,8-/m1111/s1. The van der Waals surface area contributed by atoms with Crippen molar-refractivity contribution in [1.29, 1.82) is 0 Å². The first-order valence-electron chi connectivity index (χ1n) is 37.8. The number of anilines is 1. The van der Waals surface area contributed by atoms with Crippen LogP contribution in [-0.2, 0) is 105 Å². The highest BCUT2D eigenvalue weighted by atomic mass is 16.7. The molecule has 0 radical (unpaired) electrons. The Bertz CT molecular complexity index is 4620. The number of nitrogens with one attached hydrogen (secondary N) is 3. The van der Waals surface area contributed by atoms with Gasteiger partial charge in [0, 0.05) is 36.9 Å². The molecule has 4 aliphatic rings. The summed E-state index contributed by atoms with van der Waals surface area (Å²) >= 11 is 0. The molecule has 118 heavy (non-hydrogen) atoms. The lowest BCUT2D eigenvalue weighted by Crippen LogP contribution is -2.44. The largest absolute Gasteiger partial charge is 0.463 e. The molecule has 44 nitrogen and oxygen atoms in total. The van der Waals surface area contributed by atoms with E-state index in [2.05, 4.69) is 25.0 Å². The maximum atomic E-state index is 13.0. The van der Waals surface area contributed by atoms with Crippen molar-refractivity contribution in [3.05, 3.63) is 124 Å². The van der Waals surface area contributed by atoms with E-state index in [0.29, 0.717) is 0 Å². The van der Waals surface area contributed by atoms with Crippen LogP contribution in [0.1, 0.15) is 150 Å². The molecule has 0 amide bonds. The molecule has 16 atom stereocenters. The maximum absolute atomic E-state index is 13.0. The number of esters is 9. The zero-order chi connectivity index (χ0) is 88.2. The quantitative estimate of drug-likeness (QED) is 0.0200. The Balaban J connectivity index is 0.000000250. The second-order valence-electron chi connectivity index (χ2n) is 30.1. The van der Waals surface area contributed by atoms with E-state index in [1.165, 1.54) is 48.1 Å². The Kier molecular flexibility index (Phi) is 35.3. The second-order valence-corrected chi connectivity index (χ2v) is 30.1. The number of aromatic nitrogens is 11. The van der Waals surface area contributed by atoms with E-state index in [-0.39, 0.29) is 31.5 Å². The van der Waals surface area contributed by atoms with Crippen molar-refractivity contribution in [1.82, 2.24) is 53.0 Å². The lowest BCUT2D eigenvalue weighted by molar-refractivity contribution is -0.173. The summed E-state index contributed by atoms with van der Waals surface area (Å²) in [6, 6.07) is 5.00. The van der Waals surface area contributed by atoms with Gasteiger partial charge in [-0.25, -0.2) is 28.8 Å². The number of ether oxygens (including phenoxy) is 13. The third-order valence-corrected chi connectivity index (χ3v) is 17.5. The van der Waals surface area contributed by atoms with Crippen LogP contribution < -0.4 is 39.4 Å². The van der Waals surface area contributed by atoms with Gasteiger partial charge in [-0.3, -0.25) is 91.7 Å². The minimum Gasteiger partial charge on any atom is -0.463 e. The van der Waals surface area contributed by atoms with Crippen molar-refractivity contribution in [3.8, 4) is 5.82 Å². The molecule has 0 spiro atoms. The van der Waals surface area contributed by atoms with Crippen LogP contribution in [0.5, 0.6) is 0 Å². The lowest BCUT2D eigenvalue weighted by Gasteiger charge is -2.26. The van der Waals surface area contributed by atoms with Gasteiger partial charge < -0.3 is 76.9 Å². The Hall–Kier alpha value is -11.0. The van der Waals surface area contributed by atoms with Crippen LogP contribution in [0.25, 0.3) is 5.82 Å². The average molecular weight is 1670 g/mol. The molecule has 0 bridgehead atoms. The molecule has 5 aromatic rings. The molecule has 4 saturated heterocycles. The minimum atomic E-state index is -1.35. The fraction of sp³-hybridized carbons (Fsp3) is 0.635. The molecule has 7 N–H and O–H groups in total. The van der Waals surface area contributed by atoms with Gasteiger partial charge in [0.25, 0.3) is 11.1 Å². The van der Waals surface area contributed by atoms with Gasteiger partial charge in [-0.05, 0) is 12.1 Å². The normalized spacial score (nSPS) is 23.9. The number of nitrogens with zero attached hydrogens (tertiary/aromatic N) is 9. The molecule has 5 aromatic heterocycles. The summed E-state index contributed by atoms with van der Waals surface area (Å²) in [7, 11) is 0. The molecule has 0 saturated carbocycles. The Labute approximate surface area is 673 Å². The van der Waals surface area contributed by atoms with E-state index >= 15 is 0 Å². The highest BCUT2D eigenvalue weighted by molar-refractivity contribution is 5.76. The van der Waals surface area contributed by atoms with Gasteiger partial charge in [0.1, 0.15) is 69.1 Å². The van der Waals surface area contributed by atoms with Gasteiger partial charge in [-0.2, -0.15) is 15.1 Å². The van der Waals surface area contributed by atoms with Gasteiger partial charge in [-0.15, -0.1) is 0 Å². The number of carbonyl (C=O) groups excluding carboxylic acids is 9. The summed E-state index contributed by atoms with van der Waals surface area (Å²) in [5.41, 5.74) is -2.54. The van der Waals surface area contributed by atoms with Crippen LogP contribution >= 0.6 is 0 Å². The molecule has 9 heterocycles. The van der Waals surface area contributed by atoms with Crippen LogP contribution in [0.2, 0.25) is 0 Å². The molecule has 0 aliphatic carbocycles. The van der Waals surface area contributed by atoms with Crippen molar-refractivity contribution in [2.45, 2.75) is 223 Å². The number of hydrogen-bond acceptors (Lipinski definition) is 37. The van der Waals surface area contributed by atoms with E-state index in [1.54, 1.807) is 130 Å². The number of rotatable bonds is 28. The highest BCUT2D eigenvalue weighted by Crippen LogP contribution is 2.38. The first kappa shape index (κ1) is 95.8. The second kappa shape index (κ2) is 43.4.